The van der Waals surface area contributed by atoms with E-state index in [-0.39, 0.29) is 12.0 Å². The van der Waals surface area contributed by atoms with Crippen molar-refractivity contribution >= 4 is 12.2 Å². The number of aliphatic carboxylic acids is 1. The molecule has 1 atom stereocenters. The number of hydrogen-bond acceptors (Lipinski definition) is 4. The number of carboxylic acids is 1. The second kappa shape index (κ2) is 3.32. The molecule has 0 bridgehead atoms. The van der Waals surface area contributed by atoms with E-state index in [0.717, 1.165) is 5.82 Å². The average molecular weight is 195 g/mol. The average Bonchev–Trinajstić information content (AvgIpc) is 2.05. The molecule has 0 aromatic heterocycles. The Kier molecular flexibility index (Phi) is 2.15. The zero-order chi connectivity index (χ0) is 10.1. The van der Waals surface area contributed by atoms with Crippen molar-refractivity contribution in [3.63, 3.8) is 0 Å². The molecule has 5 nitrogen and oxygen atoms in total. The van der Waals surface area contributed by atoms with E-state index in [1.165, 1.54) is 0 Å². The van der Waals surface area contributed by atoms with Crippen LogP contribution in [0.5, 0.6) is 0 Å². The van der Waals surface area contributed by atoms with Gasteiger partial charge in [0.2, 0.25) is 0 Å². The minimum atomic E-state index is -0.719. The van der Waals surface area contributed by atoms with Gasteiger partial charge in [-0.15, -0.1) is 0 Å². The topological polar surface area (TPSA) is 64.9 Å². The Morgan fingerprint density at radius 2 is 2.43 bits per heavy atom. The molecule has 0 amide bonds. The number of rotatable bonds is 2. The van der Waals surface area contributed by atoms with Gasteiger partial charge in [-0.3, -0.25) is 4.79 Å². The maximum Gasteiger partial charge on any atom is 0.310 e. The summed E-state index contributed by atoms with van der Waals surface area (Å²) in [5, 5.41) is 11.8. The van der Waals surface area contributed by atoms with Crippen LogP contribution in [0.15, 0.2) is 17.0 Å². The summed E-state index contributed by atoms with van der Waals surface area (Å²) < 4.78 is 0. The Bertz CT molecular complexity index is 305. The van der Waals surface area contributed by atoms with Crippen molar-refractivity contribution in [3.05, 3.63) is 12.0 Å². The van der Waals surface area contributed by atoms with Crippen LogP contribution in [0.25, 0.3) is 0 Å². The van der Waals surface area contributed by atoms with Crippen molar-refractivity contribution in [2.75, 3.05) is 13.1 Å². The minimum Gasteiger partial charge on any atom is -0.481 e. The number of aliphatic imine (C=N–C) groups is 1. The molecule has 2 aliphatic heterocycles. The number of carboxylic acid groups (broad SMARTS) is 1. The summed E-state index contributed by atoms with van der Waals surface area (Å²) in [6, 6.07) is 0.260. The van der Waals surface area contributed by atoms with Crippen LogP contribution in [-0.4, -0.2) is 41.3 Å². The summed E-state index contributed by atoms with van der Waals surface area (Å²) in [7, 11) is 0. The lowest BCUT2D eigenvalue weighted by Gasteiger charge is -2.39. The van der Waals surface area contributed by atoms with Crippen LogP contribution < -0.4 is 5.32 Å². The summed E-state index contributed by atoms with van der Waals surface area (Å²) >= 11 is 0. The monoisotopic (exact) mass is 195 g/mol. The molecule has 0 saturated carbocycles. The molecule has 2 rings (SSSR count). The SMILES string of the molecule is CC1C=NC(N2CC(C(=O)O)C2)=CN1. The van der Waals surface area contributed by atoms with E-state index in [2.05, 4.69) is 10.3 Å². The fraction of sp³-hybridized carbons (Fsp3) is 0.556. The van der Waals surface area contributed by atoms with Crippen molar-refractivity contribution in [2.24, 2.45) is 10.9 Å². The summed E-state index contributed by atoms with van der Waals surface area (Å²) in [4.78, 5) is 16.7. The van der Waals surface area contributed by atoms with Crippen molar-refractivity contribution in [1.29, 1.82) is 0 Å². The fourth-order valence-corrected chi connectivity index (χ4v) is 1.47. The van der Waals surface area contributed by atoms with E-state index in [1.54, 1.807) is 0 Å². The van der Waals surface area contributed by atoms with Gasteiger partial charge in [0.25, 0.3) is 0 Å². The number of carbonyl (C=O) groups is 1. The van der Waals surface area contributed by atoms with Crippen molar-refractivity contribution in [3.8, 4) is 0 Å². The molecular formula is C9H13N3O2. The number of hydrogen-bond donors (Lipinski definition) is 2. The largest absolute Gasteiger partial charge is 0.481 e. The Morgan fingerprint density at radius 3 is 2.93 bits per heavy atom. The molecule has 2 N–H and O–H groups in total. The third-order valence-electron chi connectivity index (χ3n) is 2.46. The van der Waals surface area contributed by atoms with Gasteiger partial charge in [-0.2, -0.15) is 0 Å². The molecule has 0 radical (unpaired) electrons. The minimum absolute atomic E-state index is 0.231. The second-order valence-electron chi connectivity index (χ2n) is 3.68. The molecule has 2 heterocycles. The quantitative estimate of drug-likeness (QED) is 0.644. The van der Waals surface area contributed by atoms with Crippen molar-refractivity contribution in [2.45, 2.75) is 13.0 Å². The van der Waals surface area contributed by atoms with Crippen LogP contribution in [0.4, 0.5) is 0 Å². The van der Waals surface area contributed by atoms with Crippen LogP contribution in [0, 0.1) is 5.92 Å². The van der Waals surface area contributed by atoms with E-state index >= 15 is 0 Å². The van der Waals surface area contributed by atoms with Gasteiger partial charge in [0.15, 0.2) is 0 Å². The highest BCUT2D eigenvalue weighted by Crippen LogP contribution is 2.22. The Balaban J connectivity index is 1.89. The highest BCUT2D eigenvalue weighted by atomic mass is 16.4. The highest BCUT2D eigenvalue weighted by molar-refractivity contribution is 5.72. The van der Waals surface area contributed by atoms with Gasteiger partial charge >= 0.3 is 5.97 Å². The number of likely N-dealkylation sites (tertiary alicyclic amines) is 1. The highest BCUT2D eigenvalue weighted by Gasteiger charge is 2.34. The molecule has 1 saturated heterocycles. The van der Waals surface area contributed by atoms with Gasteiger partial charge in [-0.1, -0.05) is 0 Å². The van der Waals surface area contributed by atoms with E-state index in [9.17, 15) is 4.79 Å². The maximum absolute atomic E-state index is 10.6. The molecule has 1 fully saturated rings. The molecule has 0 aromatic carbocycles. The molecule has 76 valence electrons. The maximum atomic E-state index is 10.6. The summed E-state index contributed by atoms with van der Waals surface area (Å²) in [5.74, 6) is -0.117. The van der Waals surface area contributed by atoms with Crippen LogP contribution in [0.2, 0.25) is 0 Å². The third-order valence-corrected chi connectivity index (χ3v) is 2.46. The number of nitrogens with one attached hydrogen (secondary N) is 1. The van der Waals surface area contributed by atoms with Gasteiger partial charge in [-0.25, -0.2) is 4.99 Å². The van der Waals surface area contributed by atoms with Gasteiger partial charge < -0.3 is 15.3 Å². The lowest BCUT2D eigenvalue weighted by molar-refractivity contribution is -0.146. The van der Waals surface area contributed by atoms with Crippen LogP contribution in [0.1, 0.15) is 6.92 Å². The molecule has 14 heavy (non-hydrogen) atoms. The standard InChI is InChI=1S/C9H13N3O2/c1-6-2-11-8(3-10-6)12-4-7(5-12)9(13)14/h2-3,6-7,10H,4-5H2,1H3,(H,13,14). The lowest BCUT2D eigenvalue weighted by Crippen LogP contribution is -2.50. The first kappa shape index (κ1) is 9.05. The number of nitrogens with zero attached hydrogens (tertiary/aromatic N) is 2. The Hall–Kier alpha value is -1.52. The van der Waals surface area contributed by atoms with Gasteiger partial charge in [0, 0.05) is 25.5 Å². The zero-order valence-corrected chi connectivity index (χ0v) is 7.97. The molecule has 2 aliphatic rings. The lowest BCUT2D eigenvalue weighted by atomic mass is 10.0. The first-order chi connectivity index (χ1) is 6.66. The summed E-state index contributed by atoms with van der Waals surface area (Å²) in [6.07, 6.45) is 3.66. The van der Waals surface area contributed by atoms with Crippen LogP contribution in [-0.2, 0) is 4.79 Å². The smallest absolute Gasteiger partial charge is 0.310 e. The van der Waals surface area contributed by atoms with Crippen LogP contribution >= 0.6 is 0 Å². The molecule has 0 aromatic rings. The third kappa shape index (κ3) is 1.57. The molecule has 5 heteroatoms. The first-order valence-electron chi connectivity index (χ1n) is 4.65. The molecule has 0 aliphatic carbocycles. The Morgan fingerprint density at radius 1 is 1.71 bits per heavy atom. The molecule has 1 unspecified atom stereocenters. The Labute approximate surface area is 82.1 Å². The predicted octanol–water partition coefficient (Wildman–Crippen LogP) is -0.136. The summed E-state index contributed by atoms with van der Waals surface area (Å²) in [5.41, 5.74) is 0. The molecular weight excluding hydrogens is 182 g/mol. The van der Waals surface area contributed by atoms with E-state index in [1.807, 2.05) is 24.2 Å². The molecule has 0 spiro atoms. The van der Waals surface area contributed by atoms with Crippen molar-refractivity contribution < 1.29 is 9.90 Å². The van der Waals surface area contributed by atoms with Crippen LogP contribution in [0.3, 0.4) is 0 Å². The van der Waals surface area contributed by atoms with Gasteiger partial charge in [0.1, 0.15) is 5.82 Å². The second-order valence-corrected chi connectivity index (χ2v) is 3.68. The van der Waals surface area contributed by atoms with E-state index in [0.29, 0.717) is 13.1 Å². The summed E-state index contributed by atoms with van der Waals surface area (Å²) in [6.45, 7) is 3.13. The van der Waals surface area contributed by atoms with E-state index < -0.39 is 5.97 Å². The zero-order valence-electron chi connectivity index (χ0n) is 7.97. The first-order valence-corrected chi connectivity index (χ1v) is 4.65. The predicted molar refractivity (Wildman–Crippen MR) is 51.9 cm³/mol. The fourth-order valence-electron chi connectivity index (χ4n) is 1.47. The van der Waals surface area contributed by atoms with Gasteiger partial charge in [-0.05, 0) is 6.92 Å². The van der Waals surface area contributed by atoms with E-state index in [4.69, 9.17) is 5.11 Å². The normalized spacial score (nSPS) is 26.5. The van der Waals surface area contributed by atoms with Gasteiger partial charge in [0.05, 0.1) is 12.0 Å². The van der Waals surface area contributed by atoms with Crippen molar-refractivity contribution in [1.82, 2.24) is 10.2 Å².